The van der Waals surface area contributed by atoms with Crippen molar-refractivity contribution in [2.75, 3.05) is 0 Å². The van der Waals surface area contributed by atoms with Gasteiger partial charge in [-0.05, 0) is 65.2 Å². The van der Waals surface area contributed by atoms with Gasteiger partial charge in [0, 0.05) is 39.7 Å². The molecule has 0 unspecified atom stereocenters. The number of benzene rings is 4. The zero-order valence-electron chi connectivity index (χ0n) is 25.8. The van der Waals surface area contributed by atoms with Crippen molar-refractivity contribution in [2.45, 2.75) is 0 Å². The lowest BCUT2D eigenvalue weighted by molar-refractivity contribution is 1.22. The topological polar surface area (TPSA) is 64.5 Å². The van der Waals surface area contributed by atoms with Crippen molar-refractivity contribution in [1.82, 2.24) is 24.9 Å². The van der Waals surface area contributed by atoms with Crippen LogP contribution in [0.25, 0.3) is 89.0 Å². The van der Waals surface area contributed by atoms with Crippen molar-refractivity contribution >= 4 is 32.7 Å². The van der Waals surface area contributed by atoms with E-state index in [1.807, 2.05) is 60.7 Å². The van der Waals surface area contributed by atoms with Crippen LogP contribution < -0.4 is 0 Å². The monoisotopic (exact) mass is 613 g/mol. The van der Waals surface area contributed by atoms with Crippen molar-refractivity contribution in [3.63, 3.8) is 0 Å². The average molecular weight is 614 g/mol. The molecule has 0 spiro atoms. The number of rotatable bonds is 5. The lowest BCUT2D eigenvalue weighted by Crippen LogP contribution is -1.94. The molecular formula is C43H27N5. The first-order valence-corrected chi connectivity index (χ1v) is 15.9. The predicted octanol–water partition coefficient (Wildman–Crippen LogP) is 10.5. The Morgan fingerprint density at radius 1 is 0.333 bits per heavy atom. The summed E-state index contributed by atoms with van der Waals surface area (Å²) in [5, 5.41) is 3.25. The van der Waals surface area contributed by atoms with Crippen LogP contribution in [0.1, 0.15) is 0 Å². The Morgan fingerprint density at radius 3 is 1.69 bits per heavy atom. The van der Waals surface area contributed by atoms with Gasteiger partial charge in [0.15, 0.2) is 0 Å². The molecule has 224 valence electrons. The number of hydrogen-bond acceptors (Lipinski definition) is 5. The molecule has 0 saturated heterocycles. The van der Waals surface area contributed by atoms with Gasteiger partial charge >= 0.3 is 0 Å². The Kier molecular flexibility index (Phi) is 6.72. The van der Waals surface area contributed by atoms with Crippen molar-refractivity contribution in [3.8, 4) is 56.3 Å². The first kappa shape index (κ1) is 27.7. The predicted molar refractivity (Wildman–Crippen MR) is 195 cm³/mol. The molecule has 0 fully saturated rings. The molecule has 0 atom stereocenters. The van der Waals surface area contributed by atoms with Gasteiger partial charge in [-0.15, -0.1) is 0 Å². The summed E-state index contributed by atoms with van der Waals surface area (Å²) in [6.45, 7) is 0. The highest BCUT2D eigenvalue weighted by atomic mass is 14.8. The molecule has 0 aliphatic carbocycles. The van der Waals surface area contributed by atoms with Gasteiger partial charge in [0.1, 0.15) is 0 Å². The molecule has 5 nitrogen and oxygen atoms in total. The third-order valence-electron chi connectivity index (χ3n) is 8.77. The summed E-state index contributed by atoms with van der Waals surface area (Å²) in [6, 6.07) is 52.0. The van der Waals surface area contributed by atoms with Crippen LogP contribution in [0.3, 0.4) is 0 Å². The van der Waals surface area contributed by atoms with Gasteiger partial charge in [0.25, 0.3) is 0 Å². The van der Waals surface area contributed by atoms with E-state index in [9.17, 15) is 0 Å². The SMILES string of the molecule is c1ccc(-c2ccc3ccc4c(-c5ccc(-c6cc(-c7ccccn7)nc(-c7ccccn7)c6)cc5)c5ccccc5nc4c3n2)cc1. The van der Waals surface area contributed by atoms with E-state index in [2.05, 4.69) is 101 Å². The molecule has 4 aromatic carbocycles. The molecule has 48 heavy (non-hydrogen) atoms. The van der Waals surface area contributed by atoms with Gasteiger partial charge in [0.2, 0.25) is 0 Å². The van der Waals surface area contributed by atoms with Crippen molar-refractivity contribution in [3.05, 3.63) is 164 Å². The van der Waals surface area contributed by atoms with E-state index in [1.54, 1.807) is 12.4 Å². The van der Waals surface area contributed by atoms with Crippen molar-refractivity contribution < 1.29 is 0 Å². The van der Waals surface area contributed by atoms with E-state index in [4.69, 9.17) is 15.0 Å². The number of hydrogen-bond donors (Lipinski definition) is 0. The first-order chi connectivity index (χ1) is 23.8. The largest absolute Gasteiger partial charge is 0.255 e. The van der Waals surface area contributed by atoms with Crippen molar-refractivity contribution in [1.29, 1.82) is 0 Å². The molecule has 5 heteroatoms. The molecule has 9 rings (SSSR count). The Labute approximate surface area is 277 Å². The fourth-order valence-electron chi connectivity index (χ4n) is 6.43. The number of para-hydroxylation sites is 1. The highest BCUT2D eigenvalue weighted by Crippen LogP contribution is 2.39. The Morgan fingerprint density at radius 2 is 0.979 bits per heavy atom. The minimum atomic E-state index is 0.804. The lowest BCUT2D eigenvalue weighted by Gasteiger charge is -2.14. The molecule has 0 N–H and O–H groups in total. The highest BCUT2D eigenvalue weighted by molar-refractivity contribution is 6.16. The fourth-order valence-corrected chi connectivity index (χ4v) is 6.43. The first-order valence-electron chi connectivity index (χ1n) is 15.9. The number of nitrogens with zero attached hydrogens (tertiary/aromatic N) is 5. The van der Waals surface area contributed by atoms with Crippen LogP contribution in [-0.4, -0.2) is 24.9 Å². The van der Waals surface area contributed by atoms with Gasteiger partial charge in [0.05, 0.1) is 45.0 Å². The zero-order chi connectivity index (χ0) is 31.9. The fraction of sp³-hybridized carbons (Fsp3) is 0. The molecule has 0 bridgehead atoms. The maximum absolute atomic E-state index is 5.19. The third kappa shape index (κ3) is 4.95. The second-order valence-corrected chi connectivity index (χ2v) is 11.7. The number of aromatic nitrogens is 5. The normalized spacial score (nSPS) is 11.3. The van der Waals surface area contributed by atoms with E-state index in [0.717, 1.165) is 89.0 Å². The Bertz CT molecular complexity index is 2530. The molecule has 5 heterocycles. The summed E-state index contributed by atoms with van der Waals surface area (Å²) in [4.78, 5) is 24.5. The average Bonchev–Trinajstić information content (AvgIpc) is 3.17. The Balaban J connectivity index is 1.21. The van der Waals surface area contributed by atoms with E-state index in [0.29, 0.717) is 0 Å². The van der Waals surface area contributed by atoms with Gasteiger partial charge in [-0.25, -0.2) is 15.0 Å². The lowest BCUT2D eigenvalue weighted by atomic mass is 9.93. The summed E-state index contributed by atoms with van der Waals surface area (Å²) in [5.41, 5.74) is 12.4. The van der Waals surface area contributed by atoms with Gasteiger partial charge in [-0.2, -0.15) is 0 Å². The van der Waals surface area contributed by atoms with E-state index in [1.165, 1.54) is 0 Å². The molecule has 0 amide bonds. The van der Waals surface area contributed by atoms with Gasteiger partial charge in [-0.1, -0.05) is 103 Å². The summed E-state index contributed by atoms with van der Waals surface area (Å²) in [5.74, 6) is 0. The van der Waals surface area contributed by atoms with Gasteiger partial charge in [-0.3, -0.25) is 9.97 Å². The van der Waals surface area contributed by atoms with Gasteiger partial charge < -0.3 is 0 Å². The molecule has 0 aliphatic heterocycles. The van der Waals surface area contributed by atoms with Crippen LogP contribution in [-0.2, 0) is 0 Å². The van der Waals surface area contributed by atoms with Crippen LogP contribution in [0.2, 0.25) is 0 Å². The summed E-state index contributed by atoms with van der Waals surface area (Å²) < 4.78 is 0. The van der Waals surface area contributed by atoms with Crippen LogP contribution in [0.5, 0.6) is 0 Å². The van der Waals surface area contributed by atoms with Crippen LogP contribution in [0.15, 0.2) is 164 Å². The minimum absolute atomic E-state index is 0.804. The second-order valence-electron chi connectivity index (χ2n) is 11.7. The maximum Gasteiger partial charge on any atom is 0.0978 e. The zero-order valence-corrected chi connectivity index (χ0v) is 25.8. The van der Waals surface area contributed by atoms with Crippen molar-refractivity contribution in [2.24, 2.45) is 0 Å². The second kappa shape index (κ2) is 11.6. The number of pyridine rings is 5. The maximum atomic E-state index is 5.19. The summed E-state index contributed by atoms with van der Waals surface area (Å²) in [7, 11) is 0. The third-order valence-corrected chi connectivity index (χ3v) is 8.77. The van der Waals surface area contributed by atoms with Crippen LogP contribution in [0.4, 0.5) is 0 Å². The van der Waals surface area contributed by atoms with E-state index < -0.39 is 0 Å². The molecule has 0 radical (unpaired) electrons. The van der Waals surface area contributed by atoms with E-state index >= 15 is 0 Å². The summed E-state index contributed by atoms with van der Waals surface area (Å²) >= 11 is 0. The molecule has 0 saturated carbocycles. The molecule has 0 aliphatic rings. The quantitative estimate of drug-likeness (QED) is 0.143. The molecule has 9 aromatic rings. The number of fused-ring (bicyclic) bond motifs is 4. The van der Waals surface area contributed by atoms with E-state index in [-0.39, 0.29) is 0 Å². The molecule has 5 aromatic heterocycles. The summed E-state index contributed by atoms with van der Waals surface area (Å²) in [6.07, 6.45) is 3.59. The highest BCUT2D eigenvalue weighted by Gasteiger charge is 2.16. The van der Waals surface area contributed by atoms with Crippen LogP contribution in [0, 0.1) is 0 Å². The molecular weight excluding hydrogens is 587 g/mol. The smallest absolute Gasteiger partial charge is 0.0978 e. The van der Waals surface area contributed by atoms with Crippen LogP contribution >= 0.6 is 0 Å². The Hall–Kier alpha value is -6.59. The minimum Gasteiger partial charge on any atom is -0.255 e. The standard InChI is InChI=1S/C43H27N5/c1-2-10-29(11-3-1)35-23-21-31-20-22-34-41(33-12-4-5-13-36(33)48-43(34)42(31)47-35)30-18-16-28(17-19-30)32-26-39(37-14-6-8-24-44-37)46-40(27-32)38-15-7-9-25-45-38/h1-27H.